The van der Waals surface area contributed by atoms with E-state index in [-0.39, 0.29) is 23.8 Å². The number of furan rings is 1. The Kier molecular flexibility index (Phi) is 7.19. The highest BCUT2D eigenvalue weighted by Gasteiger charge is 2.25. The Bertz CT molecular complexity index is 855. The Hall–Kier alpha value is -2.76. The van der Waals surface area contributed by atoms with Gasteiger partial charge in [0.05, 0.1) is 6.26 Å². The number of rotatable bonds is 8. The molecule has 2 amide bonds. The molecule has 1 aromatic carbocycles. The first kappa shape index (κ1) is 21.9. The van der Waals surface area contributed by atoms with Crippen molar-refractivity contribution in [1.82, 2.24) is 4.90 Å². The van der Waals surface area contributed by atoms with Crippen LogP contribution in [0, 0.1) is 5.92 Å². The van der Waals surface area contributed by atoms with Crippen LogP contribution >= 0.6 is 0 Å². The maximum Gasteiger partial charge on any atom is 0.290 e. The molecule has 30 heavy (non-hydrogen) atoms. The van der Waals surface area contributed by atoms with Crippen molar-refractivity contribution < 1.29 is 14.0 Å². The van der Waals surface area contributed by atoms with Crippen molar-refractivity contribution in [2.24, 2.45) is 5.92 Å². The van der Waals surface area contributed by atoms with Crippen molar-refractivity contribution in [1.29, 1.82) is 0 Å². The van der Waals surface area contributed by atoms with Gasteiger partial charge in [0.25, 0.3) is 5.91 Å². The lowest BCUT2D eigenvalue weighted by Gasteiger charge is -2.30. The van der Waals surface area contributed by atoms with Gasteiger partial charge in [0.2, 0.25) is 5.91 Å². The van der Waals surface area contributed by atoms with Gasteiger partial charge in [-0.2, -0.15) is 0 Å². The number of nitrogens with zero attached hydrogens (tertiary/aromatic N) is 2. The van der Waals surface area contributed by atoms with Crippen LogP contribution in [0.25, 0.3) is 0 Å². The van der Waals surface area contributed by atoms with E-state index in [0.29, 0.717) is 12.3 Å². The monoisotopic (exact) mass is 411 g/mol. The lowest BCUT2D eigenvalue weighted by molar-refractivity contribution is -0.119. The van der Waals surface area contributed by atoms with E-state index >= 15 is 0 Å². The summed E-state index contributed by atoms with van der Waals surface area (Å²) < 4.78 is 5.36. The predicted octanol–water partition coefficient (Wildman–Crippen LogP) is 4.92. The highest BCUT2D eigenvalue weighted by Crippen LogP contribution is 2.29. The highest BCUT2D eigenvalue weighted by atomic mass is 16.3. The second kappa shape index (κ2) is 9.83. The fourth-order valence-electron chi connectivity index (χ4n) is 4.03. The second-order valence-corrected chi connectivity index (χ2v) is 8.38. The Balaban J connectivity index is 1.86. The number of amides is 2. The smallest absolute Gasteiger partial charge is 0.290 e. The molecule has 1 N–H and O–H groups in total. The molecule has 2 aromatic rings. The Morgan fingerprint density at radius 1 is 1.20 bits per heavy atom. The topological polar surface area (TPSA) is 65.8 Å². The molecule has 1 atom stereocenters. The van der Waals surface area contributed by atoms with Gasteiger partial charge in [-0.1, -0.05) is 19.8 Å². The fraction of sp³-hybridized carbons (Fsp3) is 0.500. The van der Waals surface area contributed by atoms with Gasteiger partial charge < -0.3 is 19.5 Å². The van der Waals surface area contributed by atoms with Crippen LogP contribution in [-0.2, 0) is 11.3 Å². The normalized spacial score (nSPS) is 15.1. The van der Waals surface area contributed by atoms with Gasteiger partial charge in [-0.15, -0.1) is 0 Å². The zero-order valence-electron chi connectivity index (χ0n) is 18.5. The van der Waals surface area contributed by atoms with Crippen LogP contribution in [0.2, 0.25) is 0 Å². The Labute approximate surface area is 179 Å². The molecule has 0 aliphatic heterocycles. The predicted molar refractivity (Wildman–Crippen MR) is 120 cm³/mol. The third-order valence-electron chi connectivity index (χ3n) is 6.01. The summed E-state index contributed by atoms with van der Waals surface area (Å²) >= 11 is 0. The van der Waals surface area contributed by atoms with Crippen molar-refractivity contribution >= 4 is 23.2 Å². The first-order chi connectivity index (χ1) is 14.4. The van der Waals surface area contributed by atoms with Crippen LogP contribution < -0.4 is 10.2 Å². The lowest BCUT2D eigenvalue weighted by Crippen LogP contribution is -2.38. The molecule has 1 aromatic heterocycles. The average molecular weight is 412 g/mol. The molecule has 1 saturated carbocycles. The zero-order chi connectivity index (χ0) is 21.7. The highest BCUT2D eigenvalue weighted by molar-refractivity contribution is 5.93. The molecule has 1 fully saturated rings. The Morgan fingerprint density at radius 2 is 1.93 bits per heavy atom. The van der Waals surface area contributed by atoms with Crippen molar-refractivity contribution in [2.45, 2.75) is 58.5 Å². The van der Waals surface area contributed by atoms with E-state index in [2.05, 4.69) is 12.2 Å². The van der Waals surface area contributed by atoms with E-state index < -0.39 is 0 Å². The van der Waals surface area contributed by atoms with Crippen LogP contribution in [-0.4, -0.2) is 36.9 Å². The van der Waals surface area contributed by atoms with Crippen LogP contribution in [0.3, 0.4) is 0 Å². The minimum Gasteiger partial charge on any atom is -0.459 e. The van der Waals surface area contributed by atoms with Gasteiger partial charge >= 0.3 is 0 Å². The molecule has 0 bridgehead atoms. The van der Waals surface area contributed by atoms with Gasteiger partial charge in [-0.25, -0.2) is 0 Å². The number of carbonyl (C=O) groups is 2. The van der Waals surface area contributed by atoms with Crippen LogP contribution in [0.4, 0.5) is 11.4 Å². The summed E-state index contributed by atoms with van der Waals surface area (Å²) in [5.41, 5.74) is 2.79. The number of carbonyl (C=O) groups excluding carboxylic acids is 2. The quantitative estimate of drug-likeness (QED) is 0.670. The van der Waals surface area contributed by atoms with Crippen molar-refractivity contribution in [3.63, 3.8) is 0 Å². The van der Waals surface area contributed by atoms with Gasteiger partial charge in [0, 0.05) is 44.0 Å². The van der Waals surface area contributed by atoms with Crippen LogP contribution in [0.5, 0.6) is 0 Å². The van der Waals surface area contributed by atoms with Crippen molar-refractivity contribution in [3.05, 3.63) is 47.9 Å². The van der Waals surface area contributed by atoms with E-state index in [1.165, 1.54) is 6.26 Å². The molecule has 0 spiro atoms. The minimum atomic E-state index is -0.126. The molecule has 1 heterocycles. The standard InChI is InChI=1S/C24H33N3O3/c1-5-17(2)27(24(29)22-11-8-14-30-22)16-19-15-20(12-13-21(19)26(3)4)25-23(28)18-9-6-7-10-18/h8,11-15,17-18H,5-7,9-10,16H2,1-4H3,(H,25,28)/t17-/m0/s1. The van der Waals surface area contributed by atoms with Gasteiger partial charge in [0.1, 0.15) is 0 Å². The number of hydrogen-bond acceptors (Lipinski definition) is 4. The first-order valence-electron chi connectivity index (χ1n) is 10.9. The molecular formula is C24H33N3O3. The van der Waals surface area contributed by atoms with Crippen LogP contribution in [0.15, 0.2) is 41.0 Å². The van der Waals surface area contributed by atoms with Gasteiger partial charge in [0.15, 0.2) is 5.76 Å². The summed E-state index contributed by atoms with van der Waals surface area (Å²) in [6.45, 7) is 4.55. The molecule has 162 valence electrons. The largest absolute Gasteiger partial charge is 0.459 e. The third-order valence-corrected chi connectivity index (χ3v) is 6.01. The molecule has 0 unspecified atom stereocenters. The molecule has 1 aliphatic carbocycles. The summed E-state index contributed by atoms with van der Waals surface area (Å²) in [7, 11) is 3.97. The average Bonchev–Trinajstić information content (AvgIpc) is 3.45. The van der Waals surface area contributed by atoms with Crippen molar-refractivity contribution in [2.75, 3.05) is 24.3 Å². The van der Waals surface area contributed by atoms with Gasteiger partial charge in [-0.3, -0.25) is 9.59 Å². The summed E-state index contributed by atoms with van der Waals surface area (Å²) in [5.74, 6) is 0.424. The summed E-state index contributed by atoms with van der Waals surface area (Å²) in [6.07, 6.45) is 6.54. The SMILES string of the molecule is CC[C@H](C)N(Cc1cc(NC(=O)C2CCCC2)ccc1N(C)C)C(=O)c1ccco1. The fourth-order valence-corrected chi connectivity index (χ4v) is 4.03. The number of nitrogens with one attached hydrogen (secondary N) is 1. The summed E-state index contributed by atoms with van der Waals surface area (Å²) in [4.78, 5) is 29.5. The van der Waals surface area contributed by atoms with Crippen molar-refractivity contribution in [3.8, 4) is 0 Å². The maximum absolute atomic E-state index is 13.1. The van der Waals surface area contributed by atoms with Crippen LogP contribution in [0.1, 0.15) is 62.1 Å². The number of benzene rings is 1. The summed E-state index contributed by atoms with van der Waals surface area (Å²) in [5, 5.41) is 3.08. The zero-order valence-corrected chi connectivity index (χ0v) is 18.5. The maximum atomic E-state index is 13.1. The molecule has 3 rings (SSSR count). The first-order valence-corrected chi connectivity index (χ1v) is 10.9. The van der Waals surface area contributed by atoms with E-state index in [4.69, 9.17) is 4.42 Å². The molecule has 0 radical (unpaired) electrons. The van der Waals surface area contributed by atoms with E-state index in [1.807, 2.05) is 49.0 Å². The van der Waals surface area contributed by atoms with E-state index in [1.54, 1.807) is 12.1 Å². The lowest BCUT2D eigenvalue weighted by atomic mass is 10.1. The molecule has 6 nitrogen and oxygen atoms in total. The molecule has 6 heteroatoms. The van der Waals surface area contributed by atoms with Gasteiger partial charge in [-0.05, 0) is 62.1 Å². The van der Waals surface area contributed by atoms with E-state index in [9.17, 15) is 9.59 Å². The second-order valence-electron chi connectivity index (χ2n) is 8.38. The minimum absolute atomic E-state index is 0.0503. The molecular weight excluding hydrogens is 378 g/mol. The third kappa shape index (κ3) is 5.04. The van der Waals surface area contributed by atoms with E-state index in [0.717, 1.165) is 49.0 Å². The molecule has 0 saturated heterocycles. The summed E-state index contributed by atoms with van der Waals surface area (Å²) in [6, 6.07) is 9.41. The Morgan fingerprint density at radius 3 is 2.53 bits per heavy atom. The molecule has 1 aliphatic rings. The number of hydrogen-bond donors (Lipinski definition) is 1. The number of anilines is 2.